The minimum atomic E-state index is 0.359. The Morgan fingerprint density at radius 1 is 1.22 bits per heavy atom. The molecule has 0 amide bonds. The SMILES string of the molecule is CCc1cc(OCCCCl)c2ccccc2c1O. The van der Waals surface area contributed by atoms with Crippen LogP contribution < -0.4 is 4.74 Å². The lowest BCUT2D eigenvalue weighted by Gasteiger charge is -2.13. The van der Waals surface area contributed by atoms with Crippen molar-refractivity contribution in [3.63, 3.8) is 0 Å². The third kappa shape index (κ3) is 2.54. The molecule has 0 aliphatic carbocycles. The van der Waals surface area contributed by atoms with Crippen molar-refractivity contribution in [3.05, 3.63) is 35.9 Å². The number of aromatic hydroxyl groups is 1. The average Bonchev–Trinajstić information content (AvgIpc) is 2.42. The number of alkyl halides is 1. The van der Waals surface area contributed by atoms with Crippen LogP contribution in [-0.4, -0.2) is 17.6 Å². The standard InChI is InChI=1S/C15H17ClO2/c1-2-11-10-14(18-9-5-8-16)12-6-3-4-7-13(12)15(11)17/h3-4,6-7,10,17H,2,5,8-9H2,1H3. The molecule has 18 heavy (non-hydrogen) atoms. The maximum absolute atomic E-state index is 10.2. The van der Waals surface area contributed by atoms with E-state index in [2.05, 4.69) is 0 Å². The van der Waals surface area contributed by atoms with Crippen LogP contribution in [0.1, 0.15) is 18.9 Å². The monoisotopic (exact) mass is 264 g/mol. The third-order valence-electron chi connectivity index (χ3n) is 2.97. The maximum atomic E-state index is 10.2. The Labute approximate surface area is 112 Å². The number of phenolic OH excluding ortho intramolecular Hbond substituents is 1. The van der Waals surface area contributed by atoms with Crippen molar-refractivity contribution in [3.8, 4) is 11.5 Å². The highest BCUT2D eigenvalue weighted by molar-refractivity contribution is 6.17. The summed E-state index contributed by atoms with van der Waals surface area (Å²) in [5, 5.41) is 12.0. The molecule has 0 saturated carbocycles. The summed E-state index contributed by atoms with van der Waals surface area (Å²) < 4.78 is 5.76. The van der Waals surface area contributed by atoms with Crippen LogP contribution in [-0.2, 0) is 6.42 Å². The summed E-state index contributed by atoms with van der Waals surface area (Å²) in [4.78, 5) is 0. The number of hydrogen-bond donors (Lipinski definition) is 1. The molecule has 0 aromatic heterocycles. The molecular formula is C15H17ClO2. The summed E-state index contributed by atoms with van der Waals surface area (Å²) in [5.41, 5.74) is 0.912. The van der Waals surface area contributed by atoms with Gasteiger partial charge in [-0.15, -0.1) is 11.6 Å². The molecule has 2 rings (SSSR count). The molecule has 1 N–H and O–H groups in total. The predicted molar refractivity (Wildman–Crippen MR) is 75.8 cm³/mol. The van der Waals surface area contributed by atoms with E-state index in [1.54, 1.807) is 0 Å². The number of rotatable bonds is 5. The number of aryl methyl sites for hydroxylation is 1. The molecule has 0 bridgehead atoms. The van der Waals surface area contributed by atoms with E-state index in [4.69, 9.17) is 16.3 Å². The van der Waals surface area contributed by atoms with Crippen molar-refractivity contribution in [2.24, 2.45) is 0 Å². The van der Waals surface area contributed by atoms with Crippen molar-refractivity contribution in [1.29, 1.82) is 0 Å². The number of fused-ring (bicyclic) bond motifs is 1. The summed E-state index contributed by atoms with van der Waals surface area (Å²) in [6.07, 6.45) is 1.60. The second kappa shape index (κ2) is 5.96. The van der Waals surface area contributed by atoms with Gasteiger partial charge in [0, 0.05) is 16.7 Å². The topological polar surface area (TPSA) is 29.5 Å². The van der Waals surface area contributed by atoms with E-state index in [9.17, 15) is 5.11 Å². The van der Waals surface area contributed by atoms with Gasteiger partial charge in [0.25, 0.3) is 0 Å². The minimum Gasteiger partial charge on any atom is -0.507 e. The van der Waals surface area contributed by atoms with Crippen LogP contribution in [0.5, 0.6) is 11.5 Å². The molecule has 0 aliphatic heterocycles. The molecule has 3 heteroatoms. The minimum absolute atomic E-state index is 0.359. The highest BCUT2D eigenvalue weighted by atomic mass is 35.5. The van der Waals surface area contributed by atoms with Gasteiger partial charge < -0.3 is 9.84 Å². The fraction of sp³-hybridized carbons (Fsp3) is 0.333. The van der Waals surface area contributed by atoms with Crippen molar-refractivity contribution in [2.75, 3.05) is 12.5 Å². The van der Waals surface area contributed by atoms with Gasteiger partial charge >= 0.3 is 0 Å². The molecule has 0 spiro atoms. The lowest BCUT2D eigenvalue weighted by atomic mass is 10.0. The van der Waals surface area contributed by atoms with E-state index >= 15 is 0 Å². The molecule has 0 fully saturated rings. The first-order chi connectivity index (χ1) is 8.77. The molecule has 96 valence electrons. The first-order valence-electron chi connectivity index (χ1n) is 6.20. The predicted octanol–water partition coefficient (Wildman–Crippen LogP) is 4.12. The van der Waals surface area contributed by atoms with Crippen LogP contribution in [0, 0.1) is 0 Å². The summed E-state index contributed by atoms with van der Waals surface area (Å²) in [6.45, 7) is 2.62. The number of phenols is 1. The molecular weight excluding hydrogens is 248 g/mol. The molecule has 2 aromatic carbocycles. The van der Waals surface area contributed by atoms with Crippen LogP contribution in [0.4, 0.5) is 0 Å². The van der Waals surface area contributed by atoms with Crippen molar-refractivity contribution < 1.29 is 9.84 Å². The zero-order valence-corrected chi connectivity index (χ0v) is 11.2. The highest BCUT2D eigenvalue weighted by Crippen LogP contribution is 2.36. The Balaban J connectivity index is 2.47. The largest absolute Gasteiger partial charge is 0.507 e. The van der Waals surface area contributed by atoms with Crippen LogP contribution in [0.3, 0.4) is 0 Å². The Morgan fingerprint density at radius 2 is 1.94 bits per heavy atom. The molecule has 0 saturated heterocycles. The van der Waals surface area contributed by atoms with Gasteiger partial charge in [0.05, 0.1) is 6.61 Å². The number of benzene rings is 2. The lowest BCUT2D eigenvalue weighted by molar-refractivity contribution is 0.321. The third-order valence-corrected chi connectivity index (χ3v) is 3.24. The van der Waals surface area contributed by atoms with Gasteiger partial charge in [0.1, 0.15) is 11.5 Å². The van der Waals surface area contributed by atoms with E-state index in [-0.39, 0.29) is 0 Å². The van der Waals surface area contributed by atoms with Crippen molar-refractivity contribution in [2.45, 2.75) is 19.8 Å². The van der Waals surface area contributed by atoms with Crippen molar-refractivity contribution in [1.82, 2.24) is 0 Å². The number of halogens is 1. The zero-order valence-electron chi connectivity index (χ0n) is 10.4. The smallest absolute Gasteiger partial charge is 0.127 e. The molecule has 0 aliphatic rings. The van der Waals surface area contributed by atoms with Crippen LogP contribution in [0.25, 0.3) is 10.8 Å². The highest BCUT2D eigenvalue weighted by Gasteiger charge is 2.10. The molecule has 0 radical (unpaired) electrons. The molecule has 0 unspecified atom stereocenters. The van der Waals surface area contributed by atoms with E-state index in [0.29, 0.717) is 18.2 Å². The molecule has 2 nitrogen and oxygen atoms in total. The first-order valence-corrected chi connectivity index (χ1v) is 6.73. The quantitative estimate of drug-likeness (QED) is 0.650. The van der Waals surface area contributed by atoms with Gasteiger partial charge in [-0.2, -0.15) is 0 Å². The summed E-state index contributed by atoms with van der Waals surface area (Å²) in [7, 11) is 0. The van der Waals surface area contributed by atoms with E-state index in [1.165, 1.54) is 0 Å². The van der Waals surface area contributed by atoms with Crippen molar-refractivity contribution >= 4 is 22.4 Å². The Kier molecular flexibility index (Phi) is 4.32. The second-order valence-electron chi connectivity index (χ2n) is 4.17. The van der Waals surface area contributed by atoms with Crippen LogP contribution in [0.2, 0.25) is 0 Å². The molecule has 0 heterocycles. The average molecular weight is 265 g/mol. The van der Waals surface area contributed by atoms with Gasteiger partial charge in [0.2, 0.25) is 0 Å². The molecule has 2 aromatic rings. The first kappa shape index (κ1) is 13.0. The van der Waals surface area contributed by atoms with Gasteiger partial charge in [-0.05, 0) is 24.5 Å². The Hall–Kier alpha value is -1.41. The van der Waals surface area contributed by atoms with Crippen LogP contribution in [0.15, 0.2) is 30.3 Å². The summed E-state index contributed by atoms with van der Waals surface area (Å²) >= 11 is 5.65. The zero-order chi connectivity index (χ0) is 13.0. The fourth-order valence-corrected chi connectivity index (χ4v) is 2.12. The Bertz CT molecular complexity index is 537. The van der Waals surface area contributed by atoms with Gasteiger partial charge in [0.15, 0.2) is 0 Å². The summed E-state index contributed by atoms with van der Waals surface area (Å²) in [6, 6.07) is 9.67. The van der Waals surface area contributed by atoms with Gasteiger partial charge in [-0.1, -0.05) is 31.2 Å². The van der Waals surface area contributed by atoms with E-state index < -0.39 is 0 Å². The maximum Gasteiger partial charge on any atom is 0.127 e. The van der Waals surface area contributed by atoms with Gasteiger partial charge in [-0.25, -0.2) is 0 Å². The van der Waals surface area contributed by atoms with Crippen LogP contribution >= 0.6 is 11.6 Å². The summed E-state index contributed by atoms with van der Waals surface area (Å²) in [5.74, 6) is 1.78. The van der Waals surface area contributed by atoms with E-state index in [0.717, 1.165) is 34.9 Å². The number of hydrogen-bond acceptors (Lipinski definition) is 2. The van der Waals surface area contributed by atoms with Gasteiger partial charge in [-0.3, -0.25) is 0 Å². The number of ether oxygens (including phenoxy) is 1. The fourth-order valence-electron chi connectivity index (χ4n) is 2.01. The second-order valence-corrected chi connectivity index (χ2v) is 4.55. The van der Waals surface area contributed by atoms with E-state index in [1.807, 2.05) is 37.3 Å². The Morgan fingerprint density at radius 3 is 2.61 bits per heavy atom. The normalized spacial score (nSPS) is 10.8. The lowest BCUT2D eigenvalue weighted by Crippen LogP contribution is -1.99. The molecule has 0 atom stereocenters.